The molecule has 0 aromatic heterocycles. The number of carbonyl (C=O) groups is 1. The Kier molecular flexibility index (Phi) is 5.14. The molecular formula is C11H10F3N3O4. The van der Waals surface area contributed by atoms with Crippen LogP contribution in [0.2, 0.25) is 0 Å². The fourth-order valence-corrected chi connectivity index (χ4v) is 1.62. The first-order valence-corrected chi connectivity index (χ1v) is 5.50. The van der Waals surface area contributed by atoms with Gasteiger partial charge in [0, 0.05) is 4.91 Å². The van der Waals surface area contributed by atoms with Gasteiger partial charge < -0.3 is 15.3 Å². The molecular weight excluding hydrogens is 295 g/mol. The molecule has 0 aliphatic heterocycles. The first-order chi connectivity index (χ1) is 9.68. The third-order valence-electron chi connectivity index (χ3n) is 2.62. The van der Waals surface area contributed by atoms with Crippen molar-refractivity contribution in [3.8, 4) is 0 Å². The zero-order chi connectivity index (χ0) is 16.2. The first kappa shape index (κ1) is 16.8. The summed E-state index contributed by atoms with van der Waals surface area (Å²) in [6.45, 7) is -0.629. The zero-order valence-corrected chi connectivity index (χ0v) is 10.3. The molecule has 0 radical (unpaired) electrons. The van der Waals surface area contributed by atoms with Crippen LogP contribution in [0.1, 0.15) is 27.6 Å². The van der Waals surface area contributed by atoms with Gasteiger partial charge in [0.15, 0.2) is 0 Å². The van der Waals surface area contributed by atoms with Crippen molar-refractivity contribution in [3.05, 3.63) is 45.3 Å². The van der Waals surface area contributed by atoms with Crippen LogP contribution in [0, 0.1) is 0 Å². The van der Waals surface area contributed by atoms with Crippen LogP contribution in [0.25, 0.3) is 10.4 Å². The fraction of sp³-hybridized carbons (Fsp3) is 0.364. The lowest BCUT2D eigenvalue weighted by Crippen LogP contribution is -2.24. The van der Waals surface area contributed by atoms with Gasteiger partial charge in [0.1, 0.15) is 6.10 Å². The van der Waals surface area contributed by atoms with E-state index >= 15 is 0 Å². The summed E-state index contributed by atoms with van der Waals surface area (Å²) in [5, 5.41) is 30.8. The maximum atomic E-state index is 12.9. The Morgan fingerprint density at radius 3 is 2.48 bits per heavy atom. The number of carboxylic acid groups (broad SMARTS) is 1. The van der Waals surface area contributed by atoms with Gasteiger partial charge in [0.05, 0.1) is 23.8 Å². The van der Waals surface area contributed by atoms with E-state index in [0.717, 1.165) is 12.1 Å². The van der Waals surface area contributed by atoms with Crippen LogP contribution < -0.4 is 0 Å². The summed E-state index contributed by atoms with van der Waals surface area (Å²) in [4.78, 5) is 13.0. The van der Waals surface area contributed by atoms with Gasteiger partial charge in [0.2, 0.25) is 0 Å². The normalized spacial score (nSPS) is 14.1. The van der Waals surface area contributed by atoms with Gasteiger partial charge >= 0.3 is 12.1 Å². The number of aliphatic hydroxyl groups is 2. The summed E-state index contributed by atoms with van der Waals surface area (Å²) >= 11 is 0. The van der Waals surface area contributed by atoms with E-state index < -0.39 is 47.6 Å². The summed E-state index contributed by atoms with van der Waals surface area (Å²) in [7, 11) is 0. The molecule has 0 spiro atoms. The Morgan fingerprint density at radius 1 is 1.38 bits per heavy atom. The van der Waals surface area contributed by atoms with Crippen molar-refractivity contribution < 1.29 is 33.3 Å². The largest absolute Gasteiger partial charge is 0.478 e. The highest BCUT2D eigenvalue weighted by Crippen LogP contribution is 2.36. The molecule has 21 heavy (non-hydrogen) atoms. The number of aliphatic hydroxyl groups excluding tert-OH is 2. The minimum Gasteiger partial charge on any atom is -0.478 e. The van der Waals surface area contributed by atoms with Crippen LogP contribution in [0.5, 0.6) is 0 Å². The molecule has 2 atom stereocenters. The van der Waals surface area contributed by atoms with Gasteiger partial charge in [-0.1, -0.05) is 11.2 Å². The molecule has 0 saturated heterocycles. The van der Waals surface area contributed by atoms with Crippen molar-refractivity contribution in [1.82, 2.24) is 0 Å². The molecule has 10 heteroatoms. The number of nitrogens with zero attached hydrogens (tertiary/aromatic N) is 3. The van der Waals surface area contributed by atoms with Gasteiger partial charge in [-0.2, -0.15) is 13.2 Å². The Bertz CT molecular complexity index is 585. The minimum atomic E-state index is -4.92. The molecule has 0 amide bonds. The maximum Gasteiger partial charge on any atom is 0.416 e. The minimum absolute atomic E-state index is 0.362. The Morgan fingerprint density at radius 2 is 2.00 bits per heavy atom. The lowest BCUT2D eigenvalue weighted by atomic mass is 9.96. The van der Waals surface area contributed by atoms with E-state index in [1.807, 2.05) is 0 Å². The maximum absolute atomic E-state index is 12.9. The van der Waals surface area contributed by atoms with Crippen LogP contribution in [0.4, 0.5) is 13.2 Å². The number of azide groups is 1. The number of aromatic carboxylic acids is 1. The number of halogens is 3. The second-order valence-electron chi connectivity index (χ2n) is 4.03. The number of rotatable bonds is 5. The first-order valence-electron chi connectivity index (χ1n) is 5.50. The van der Waals surface area contributed by atoms with Gasteiger partial charge in [-0.25, -0.2) is 4.79 Å². The molecule has 0 aliphatic rings. The Labute approximate surface area is 115 Å². The lowest BCUT2D eigenvalue weighted by Gasteiger charge is -2.21. The quantitative estimate of drug-likeness (QED) is 0.437. The molecule has 0 fully saturated rings. The number of alkyl halides is 3. The summed E-state index contributed by atoms with van der Waals surface area (Å²) in [6.07, 6.45) is -8.65. The fourth-order valence-electron chi connectivity index (χ4n) is 1.62. The zero-order valence-electron chi connectivity index (χ0n) is 10.3. The van der Waals surface area contributed by atoms with Crippen molar-refractivity contribution in [2.75, 3.05) is 6.54 Å². The highest BCUT2D eigenvalue weighted by Gasteiger charge is 2.37. The van der Waals surface area contributed by atoms with Crippen molar-refractivity contribution in [2.45, 2.75) is 18.4 Å². The Balaban J connectivity index is 3.28. The van der Waals surface area contributed by atoms with Crippen molar-refractivity contribution in [1.29, 1.82) is 0 Å². The summed E-state index contributed by atoms with van der Waals surface area (Å²) < 4.78 is 38.7. The van der Waals surface area contributed by atoms with E-state index in [9.17, 15) is 28.2 Å². The standard InChI is InChI=1S/C11H10F3N3O4/c12-11(13,14)7-3-5(10(20)21)1-2-6(7)9(19)8(18)4-16-17-15/h1-3,8-9,18-19H,4H2,(H,20,21). The molecule has 3 N–H and O–H groups in total. The van der Waals surface area contributed by atoms with Gasteiger partial charge in [-0.3, -0.25) is 0 Å². The third kappa shape index (κ3) is 4.09. The smallest absolute Gasteiger partial charge is 0.416 e. The SMILES string of the molecule is [N-]=[N+]=NCC(O)C(O)c1ccc(C(=O)O)cc1C(F)(F)F. The average molecular weight is 305 g/mol. The number of hydrogen-bond donors (Lipinski definition) is 3. The van der Waals surface area contributed by atoms with E-state index in [4.69, 9.17) is 10.6 Å². The lowest BCUT2D eigenvalue weighted by molar-refractivity contribution is -0.139. The molecule has 2 unspecified atom stereocenters. The average Bonchev–Trinajstić information content (AvgIpc) is 2.42. The van der Waals surface area contributed by atoms with E-state index in [1.54, 1.807) is 0 Å². The molecule has 7 nitrogen and oxygen atoms in total. The number of carboxylic acids is 1. The molecule has 1 rings (SSSR count). The van der Waals surface area contributed by atoms with Crippen molar-refractivity contribution in [2.24, 2.45) is 5.11 Å². The van der Waals surface area contributed by atoms with Crippen LogP contribution in [-0.2, 0) is 6.18 Å². The van der Waals surface area contributed by atoms with Crippen molar-refractivity contribution in [3.63, 3.8) is 0 Å². The summed E-state index contributed by atoms with van der Waals surface area (Å²) in [5.41, 5.74) is 5.38. The van der Waals surface area contributed by atoms with E-state index in [-0.39, 0.29) is 0 Å². The van der Waals surface area contributed by atoms with Crippen LogP contribution in [0.15, 0.2) is 23.3 Å². The second-order valence-corrected chi connectivity index (χ2v) is 4.03. The summed E-state index contributed by atoms with van der Waals surface area (Å²) in [5.74, 6) is -1.56. The Hall–Kier alpha value is -2.29. The predicted molar refractivity (Wildman–Crippen MR) is 63.4 cm³/mol. The predicted octanol–water partition coefficient (Wildman–Crippen LogP) is 2.11. The van der Waals surface area contributed by atoms with E-state index in [0.29, 0.717) is 6.07 Å². The highest BCUT2D eigenvalue weighted by molar-refractivity contribution is 5.88. The summed E-state index contributed by atoms with van der Waals surface area (Å²) in [6, 6.07) is 1.99. The van der Waals surface area contributed by atoms with Crippen molar-refractivity contribution >= 4 is 5.97 Å². The monoisotopic (exact) mass is 305 g/mol. The van der Waals surface area contributed by atoms with Crippen LogP contribution in [-0.4, -0.2) is 33.9 Å². The van der Waals surface area contributed by atoms with Gasteiger partial charge in [-0.15, -0.1) is 0 Å². The van der Waals surface area contributed by atoms with E-state index in [1.165, 1.54) is 0 Å². The molecule has 0 bridgehead atoms. The van der Waals surface area contributed by atoms with Crippen LogP contribution in [0.3, 0.4) is 0 Å². The number of hydrogen-bond acceptors (Lipinski definition) is 4. The molecule has 0 saturated carbocycles. The number of benzene rings is 1. The molecule has 0 aliphatic carbocycles. The second kappa shape index (κ2) is 6.44. The third-order valence-corrected chi connectivity index (χ3v) is 2.62. The van der Waals surface area contributed by atoms with Gasteiger partial charge in [0.25, 0.3) is 0 Å². The van der Waals surface area contributed by atoms with E-state index in [2.05, 4.69) is 10.0 Å². The molecule has 1 aromatic carbocycles. The highest BCUT2D eigenvalue weighted by atomic mass is 19.4. The molecule has 114 valence electrons. The van der Waals surface area contributed by atoms with Crippen LogP contribution >= 0.6 is 0 Å². The molecule has 1 aromatic rings. The topological polar surface area (TPSA) is 127 Å². The molecule has 0 heterocycles. The van der Waals surface area contributed by atoms with Gasteiger partial charge in [-0.05, 0) is 23.2 Å².